The standard InChI is InChI=1S/C25H39ClFN6O7PS2/c1-8-36-19-17-18(30-23(28)31-19)33(13-29-17)21-25(26,27)11-16(40-21)12-38-41(42,32-15(4)20(34)39-14(2)3)37-9-10-43-22(35)24(5,6)7/h13-16,21H,8-12H2,1-7H3,(H,32,42)(H2,28,30,31)/t15-,16-,21+,25-,41-/m0/s1. The van der Waals surface area contributed by atoms with Crippen LogP contribution in [-0.4, -0.2) is 79.6 Å². The second kappa shape index (κ2) is 14.6. The van der Waals surface area contributed by atoms with Crippen LogP contribution in [0.4, 0.5) is 10.3 Å². The van der Waals surface area contributed by atoms with Gasteiger partial charge in [-0.1, -0.05) is 44.1 Å². The van der Waals surface area contributed by atoms with Crippen molar-refractivity contribution in [2.45, 2.75) is 84.5 Å². The lowest BCUT2D eigenvalue weighted by atomic mass is 10.00. The highest BCUT2D eigenvalue weighted by atomic mass is 35.5. The van der Waals surface area contributed by atoms with Crippen LogP contribution < -0.4 is 15.6 Å². The van der Waals surface area contributed by atoms with Gasteiger partial charge in [-0.05, 0) is 39.5 Å². The van der Waals surface area contributed by atoms with Gasteiger partial charge in [-0.2, -0.15) is 9.97 Å². The molecule has 0 radical (unpaired) electrons. The predicted octanol–water partition coefficient (Wildman–Crippen LogP) is 4.49. The molecular formula is C25H39ClFN6O7PS2. The molecule has 0 aromatic carbocycles. The number of rotatable bonds is 14. The Morgan fingerprint density at radius 3 is 2.67 bits per heavy atom. The molecule has 43 heavy (non-hydrogen) atoms. The Morgan fingerprint density at radius 2 is 2.05 bits per heavy atom. The summed E-state index contributed by atoms with van der Waals surface area (Å²) in [5.41, 5.74) is 5.76. The number of ether oxygens (including phenoxy) is 3. The Labute approximate surface area is 264 Å². The molecule has 3 N–H and O–H groups in total. The number of alkyl halides is 2. The van der Waals surface area contributed by atoms with Gasteiger partial charge in [-0.25, -0.2) is 14.5 Å². The van der Waals surface area contributed by atoms with Gasteiger partial charge in [0.05, 0.1) is 38.4 Å². The van der Waals surface area contributed by atoms with Crippen LogP contribution >= 0.6 is 30.0 Å². The Hall–Kier alpha value is -1.65. The zero-order chi connectivity index (χ0) is 32.2. The SMILES string of the molecule is CCOc1nc(N)nc2c1ncn2[C@@H]1O[C@H](CO[P@](=S)(N[C@@H](C)C(=O)OC(C)C)OCCSC(=O)C(C)(C)C)C[C@@]1(F)Cl. The average molecular weight is 685 g/mol. The van der Waals surface area contributed by atoms with Crippen molar-refractivity contribution in [3.8, 4) is 5.88 Å². The summed E-state index contributed by atoms with van der Waals surface area (Å²) in [4.78, 5) is 37.2. The Bertz CT molecular complexity index is 1350. The summed E-state index contributed by atoms with van der Waals surface area (Å²) in [7, 11) is 0. The molecule has 2 aromatic heterocycles. The van der Waals surface area contributed by atoms with Gasteiger partial charge in [0.15, 0.2) is 22.5 Å². The predicted molar refractivity (Wildman–Crippen MR) is 166 cm³/mol. The van der Waals surface area contributed by atoms with Crippen LogP contribution in [0.25, 0.3) is 11.2 Å². The quantitative estimate of drug-likeness (QED) is 0.124. The van der Waals surface area contributed by atoms with Gasteiger partial charge < -0.3 is 29.0 Å². The lowest BCUT2D eigenvalue weighted by molar-refractivity contribution is -0.149. The second-order valence-corrected chi connectivity index (χ2v) is 16.0. The topological polar surface area (TPSA) is 162 Å². The summed E-state index contributed by atoms with van der Waals surface area (Å²) < 4.78 is 45.6. The minimum atomic E-state index is -3.37. The van der Waals surface area contributed by atoms with Gasteiger partial charge in [-0.15, -0.1) is 0 Å². The molecule has 1 fully saturated rings. The maximum absolute atomic E-state index is 15.7. The van der Waals surface area contributed by atoms with E-state index in [9.17, 15) is 9.59 Å². The molecule has 0 spiro atoms. The number of imidazole rings is 1. The normalized spacial score (nSPS) is 22.9. The molecule has 0 bridgehead atoms. The molecule has 242 valence electrons. The first-order chi connectivity index (χ1) is 20.0. The number of carbonyl (C=O) groups is 2. The summed E-state index contributed by atoms with van der Waals surface area (Å²) in [6.07, 6.45) is -1.50. The van der Waals surface area contributed by atoms with Gasteiger partial charge in [0.1, 0.15) is 6.04 Å². The Morgan fingerprint density at radius 1 is 1.35 bits per heavy atom. The van der Waals surface area contributed by atoms with Crippen LogP contribution in [-0.2, 0) is 39.9 Å². The van der Waals surface area contributed by atoms with Crippen LogP contribution in [0.2, 0.25) is 0 Å². The molecule has 3 rings (SSSR count). The number of hydrogen-bond acceptors (Lipinski definition) is 13. The molecule has 0 aliphatic carbocycles. The summed E-state index contributed by atoms with van der Waals surface area (Å²) in [5.74, 6) is -0.179. The number of aromatic nitrogens is 4. The number of nitrogens with one attached hydrogen (secondary N) is 1. The molecule has 3 heterocycles. The first-order valence-corrected chi connectivity index (χ1v) is 17.7. The molecule has 1 saturated heterocycles. The van der Waals surface area contributed by atoms with Crippen molar-refractivity contribution in [3.05, 3.63) is 6.33 Å². The minimum absolute atomic E-state index is 0.00798. The van der Waals surface area contributed by atoms with Gasteiger partial charge in [0.2, 0.25) is 17.0 Å². The fraction of sp³-hybridized carbons (Fsp3) is 0.720. The highest BCUT2D eigenvalue weighted by molar-refractivity contribution is 8.13. The van der Waals surface area contributed by atoms with Crippen LogP contribution in [0.15, 0.2) is 6.33 Å². The molecular weight excluding hydrogens is 646 g/mol. The van der Waals surface area contributed by atoms with E-state index in [4.69, 9.17) is 52.4 Å². The van der Waals surface area contributed by atoms with Crippen LogP contribution in [0.1, 0.15) is 61.1 Å². The summed E-state index contributed by atoms with van der Waals surface area (Å²) >= 11 is 13.1. The monoisotopic (exact) mass is 684 g/mol. The molecule has 1 aliphatic heterocycles. The summed E-state index contributed by atoms with van der Waals surface area (Å²) in [6.45, 7) is 9.04. The van der Waals surface area contributed by atoms with E-state index in [1.807, 2.05) is 20.8 Å². The molecule has 0 saturated carbocycles. The lowest BCUT2D eigenvalue weighted by Crippen LogP contribution is -2.36. The van der Waals surface area contributed by atoms with E-state index in [0.29, 0.717) is 12.4 Å². The van der Waals surface area contributed by atoms with Gasteiger partial charge in [-0.3, -0.25) is 14.2 Å². The number of carbonyl (C=O) groups excluding carboxylic acids is 2. The number of hydrogen-bond donors (Lipinski definition) is 2. The van der Waals surface area contributed by atoms with Crippen molar-refractivity contribution in [2.24, 2.45) is 5.41 Å². The number of fused-ring (bicyclic) bond motifs is 1. The van der Waals surface area contributed by atoms with Crippen molar-refractivity contribution < 1.29 is 37.2 Å². The fourth-order valence-corrected chi connectivity index (χ4v) is 7.46. The van der Waals surface area contributed by atoms with Crippen molar-refractivity contribution in [2.75, 3.05) is 31.3 Å². The van der Waals surface area contributed by atoms with E-state index in [1.54, 1.807) is 27.7 Å². The van der Waals surface area contributed by atoms with Crippen molar-refractivity contribution in [3.63, 3.8) is 0 Å². The van der Waals surface area contributed by atoms with Gasteiger partial charge >= 0.3 is 5.97 Å². The van der Waals surface area contributed by atoms with Crippen molar-refractivity contribution in [1.29, 1.82) is 0 Å². The van der Waals surface area contributed by atoms with Crippen LogP contribution in [0.5, 0.6) is 5.88 Å². The van der Waals surface area contributed by atoms with Gasteiger partial charge in [0, 0.05) is 17.6 Å². The summed E-state index contributed by atoms with van der Waals surface area (Å²) in [6, 6.07) is -0.871. The van der Waals surface area contributed by atoms with E-state index < -0.39 is 41.5 Å². The first kappa shape index (κ1) is 35.8. The number of halogens is 2. The smallest absolute Gasteiger partial charge is 0.323 e. The van der Waals surface area contributed by atoms with Crippen molar-refractivity contribution in [1.82, 2.24) is 24.6 Å². The van der Waals surface area contributed by atoms with E-state index >= 15 is 4.39 Å². The summed E-state index contributed by atoms with van der Waals surface area (Å²) in [5, 5.41) is 0.539. The Balaban J connectivity index is 1.74. The maximum Gasteiger partial charge on any atom is 0.323 e. The highest BCUT2D eigenvalue weighted by Crippen LogP contribution is 2.49. The molecule has 5 atom stereocenters. The van der Waals surface area contributed by atoms with E-state index in [1.165, 1.54) is 10.9 Å². The molecule has 13 nitrogen and oxygen atoms in total. The zero-order valence-electron chi connectivity index (χ0n) is 25.2. The minimum Gasteiger partial charge on any atom is -0.476 e. The zero-order valence-corrected chi connectivity index (χ0v) is 28.4. The third-order valence-corrected chi connectivity index (χ3v) is 10.1. The number of thioether (sulfide) groups is 1. The highest BCUT2D eigenvalue weighted by Gasteiger charge is 2.50. The fourth-order valence-electron chi connectivity index (χ4n) is 3.84. The lowest BCUT2D eigenvalue weighted by Gasteiger charge is -2.27. The number of anilines is 1. The average Bonchev–Trinajstić information content (AvgIpc) is 3.43. The molecule has 2 aromatic rings. The molecule has 18 heteroatoms. The number of nitrogens with zero attached hydrogens (tertiary/aromatic N) is 4. The maximum atomic E-state index is 15.7. The van der Waals surface area contributed by atoms with Gasteiger partial charge in [0.25, 0.3) is 6.64 Å². The number of nitrogen functional groups attached to an aromatic ring is 1. The number of nitrogens with two attached hydrogens (primary N) is 1. The first-order valence-electron chi connectivity index (χ1n) is 13.7. The van der Waals surface area contributed by atoms with Crippen molar-refractivity contribution >= 4 is 70.0 Å². The molecule has 0 unspecified atom stereocenters. The molecule has 1 aliphatic rings. The van der Waals surface area contributed by atoms with E-state index in [2.05, 4.69) is 20.0 Å². The number of esters is 1. The van der Waals surface area contributed by atoms with Crippen LogP contribution in [0, 0.1) is 5.41 Å². The van der Waals surface area contributed by atoms with E-state index in [-0.39, 0.29) is 53.8 Å². The van der Waals surface area contributed by atoms with E-state index in [0.717, 1.165) is 11.8 Å². The third kappa shape index (κ3) is 9.67. The second-order valence-electron chi connectivity index (χ2n) is 11.1. The third-order valence-electron chi connectivity index (χ3n) is 5.80. The Kier molecular flexibility index (Phi) is 12.2. The molecule has 0 amide bonds. The largest absolute Gasteiger partial charge is 0.476 e. The van der Waals surface area contributed by atoms with Crippen LogP contribution in [0.3, 0.4) is 0 Å².